The van der Waals surface area contributed by atoms with Crippen molar-refractivity contribution in [3.8, 4) is 0 Å². The van der Waals surface area contributed by atoms with E-state index in [1.165, 1.54) is 23.9 Å². The first kappa shape index (κ1) is 17.8. The smallest absolute Gasteiger partial charge is 0.234 e. The quantitative estimate of drug-likeness (QED) is 0.796. The van der Waals surface area contributed by atoms with Gasteiger partial charge in [-0.3, -0.25) is 4.79 Å². The Labute approximate surface area is 151 Å². The molecule has 1 aliphatic rings. The molecule has 0 aromatic heterocycles. The minimum Gasteiger partial charge on any atom is -0.380 e. The minimum atomic E-state index is -0.274. The Morgan fingerprint density at radius 3 is 2.60 bits per heavy atom. The monoisotopic (exact) mass is 360 g/mol. The van der Waals surface area contributed by atoms with Gasteiger partial charge in [0.25, 0.3) is 0 Å². The van der Waals surface area contributed by atoms with Gasteiger partial charge in [0.2, 0.25) is 5.91 Å². The van der Waals surface area contributed by atoms with E-state index in [4.69, 9.17) is 4.74 Å². The normalized spacial score (nSPS) is 16.9. The number of nitrogens with one attached hydrogen (secondary N) is 1. The number of hydrogen-bond acceptors (Lipinski definition) is 4. The highest BCUT2D eigenvalue weighted by Gasteiger charge is 2.22. The van der Waals surface area contributed by atoms with Crippen LogP contribution in [-0.2, 0) is 9.53 Å². The number of methoxy groups -OCH3 is 1. The molecule has 2 aromatic carbocycles. The van der Waals surface area contributed by atoms with Crippen LogP contribution in [-0.4, -0.2) is 38.0 Å². The summed E-state index contributed by atoms with van der Waals surface area (Å²) in [5, 5.41) is 2.88. The number of thioether (sulfide) groups is 1. The summed E-state index contributed by atoms with van der Waals surface area (Å²) < 4.78 is 18.2. The van der Waals surface area contributed by atoms with E-state index < -0.39 is 0 Å². The lowest BCUT2D eigenvalue weighted by molar-refractivity contribution is -0.113. The van der Waals surface area contributed by atoms with E-state index in [1.807, 2.05) is 24.3 Å². The van der Waals surface area contributed by atoms with E-state index in [9.17, 15) is 9.18 Å². The summed E-state index contributed by atoms with van der Waals surface area (Å²) in [5.41, 5.74) is 1.91. The SMILES string of the molecule is COC1CCN(c2ccc(NC(=O)CSc3ccc(F)cc3)cc2)C1. The average molecular weight is 360 g/mol. The van der Waals surface area contributed by atoms with Gasteiger partial charge < -0.3 is 15.0 Å². The number of anilines is 2. The van der Waals surface area contributed by atoms with Gasteiger partial charge in [-0.2, -0.15) is 0 Å². The molecule has 0 bridgehead atoms. The van der Waals surface area contributed by atoms with Crippen molar-refractivity contribution in [1.82, 2.24) is 0 Å². The molecule has 2 aromatic rings. The van der Waals surface area contributed by atoms with Crippen LogP contribution in [0.2, 0.25) is 0 Å². The Kier molecular flexibility index (Phi) is 5.94. The number of benzene rings is 2. The van der Waals surface area contributed by atoms with Crippen molar-refractivity contribution in [1.29, 1.82) is 0 Å². The maximum absolute atomic E-state index is 12.9. The molecule has 1 heterocycles. The third-order valence-corrected chi connectivity index (χ3v) is 5.19. The van der Waals surface area contributed by atoms with Gasteiger partial charge in [0, 0.05) is 36.5 Å². The van der Waals surface area contributed by atoms with Gasteiger partial charge in [0.1, 0.15) is 5.82 Å². The lowest BCUT2D eigenvalue weighted by atomic mass is 10.2. The minimum absolute atomic E-state index is 0.0808. The predicted octanol–water partition coefficient (Wildman–Crippen LogP) is 3.78. The van der Waals surface area contributed by atoms with Gasteiger partial charge in [0.15, 0.2) is 0 Å². The van der Waals surface area contributed by atoms with Crippen molar-refractivity contribution in [2.24, 2.45) is 0 Å². The first-order valence-corrected chi connectivity index (χ1v) is 9.18. The summed E-state index contributed by atoms with van der Waals surface area (Å²) in [4.78, 5) is 15.2. The molecule has 132 valence electrons. The van der Waals surface area contributed by atoms with Crippen LogP contribution in [0.15, 0.2) is 53.4 Å². The zero-order valence-electron chi connectivity index (χ0n) is 14.1. The summed E-state index contributed by atoms with van der Waals surface area (Å²) in [5.74, 6) is -0.0684. The van der Waals surface area contributed by atoms with E-state index in [1.54, 1.807) is 19.2 Å². The van der Waals surface area contributed by atoms with Crippen molar-refractivity contribution in [2.75, 3.05) is 36.2 Å². The largest absolute Gasteiger partial charge is 0.380 e. The summed E-state index contributed by atoms with van der Waals surface area (Å²) in [6.45, 7) is 1.88. The summed E-state index contributed by atoms with van der Waals surface area (Å²) in [7, 11) is 1.75. The highest BCUT2D eigenvalue weighted by Crippen LogP contribution is 2.24. The first-order valence-electron chi connectivity index (χ1n) is 8.20. The molecule has 1 unspecified atom stereocenters. The van der Waals surface area contributed by atoms with Crippen LogP contribution in [0.25, 0.3) is 0 Å². The fourth-order valence-electron chi connectivity index (χ4n) is 2.79. The Hall–Kier alpha value is -2.05. The van der Waals surface area contributed by atoms with E-state index in [0.717, 1.165) is 35.8 Å². The Bertz CT molecular complexity index is 706. The van der Waals surface area contributed by atoms with Crippen LogP contribution >= 0.6 is 11.8 Å². The van der Waals surface area contributed by atoms with Crippen molar-refractivity contribution >= 4 is 29.0 Å². The Morgan fingerprint density at radius 1 is 1.24 bits per heavy atom. The second-order valence-corrected chi connectivity index (χ2v) is 6.98. The molecule has 3 rings (SSSR count). The molecule has 4 nitrogen and oxygen atoms in total. The number of halogens is 1. The molecule has 0 aliphatic carbocycles. The molecule has 25 heavy (non-hydrogen) atoms. The fraction of sp³-hybridized carbons (Fsp3) is 0.316. The van der Waals surface area contributed by atoms with Gasteiger partial charge >= 0.3 is 0 Å². The van der Waals surface area contributed by atoms with E-state index >= 15 is 0 Å². The van der Waals surface area contributed by atoms with Crippen LogP contribution < -0.4 is 10.2 Å². The van der Waals surface area contributed by atoms with Crippen LogP contribution in [0.1, 0.15) is 6.42 Å². The third-order valence-electron chi connectivity index (χ3n) is 4.18. The maximum atomic E-state index is 12.9. The van der Waals surface area contributed by atoms with Crippen LogP contribution in [0.4, 0.5) is 15.8 Å². The number of hydrogen-bond donors (Lipinski definition) is 1. The molecule has 0 saturated carbocycles. The molecule has 1 N–H and O–H groups in total. The van der Waals surface area contributed by atoms with Gasteiger partial charge in [-0.25, -0.2) is 4.39 Å². The van der Waals surface area contributed by atoms with Crippen molar-refractivity contribution in [2.45, 2.75) is 17.4 Å². The standard InChI is InChI=1S/C19H21FN2O2S/c1-24-17-10-11-22(12-17)16-6-4-15(5-7-16)21-19(23)13-25-18-8-2-14(20)3-9-18/h2-9,17H,10-13H2,1H3,(H,21,23). The highest BCUT2D eigenvalue weighted by atomic mass is 32.2. The summed E-state index contributed by atoms with van der Waals surface area (Å²) in [6.07, 6.45) is 1.33. The zero-order valence-corrected chi connectivity index (χ0v) is 14.9. The molecule has 1 fully saturated rings. The maximum Gasteiger partial charge on any atom is 0.234 e. The third kappa shape index (κ3) is 4.96. The van der Waals surface area contributed by atoms with Gasteiger partial charge in [-0.1, -0.05) is 0 Å². The number of nitrogens with zero attached hydrogens (tertiary/aromatic N) is 1. The number of carbonyl (C=O) groups is 1. The number of amides is 1. The van der Waals surface area contributed by atoms with Crippen LogP contribution in [0, 0.1) is 5.82 Å². The Balaban J connectivity index is 1.49. The average Bonchev–Trinajstić information content (AvgIpc) is 3.11. The van der Waals surface area contributed by atoms with Gasteiger partial charge in [-0.15, -0.1) is 11.8 Å². The molecule has 1 saturated heterocycles. The lowest BCUT2D eigenvalue weighted by Crippen LogP contribution is -2.22. The molecule has 1 atom stereocenters. The van der Waals surface area contributed by atoms with E-state index in [2.05, 4.69) is 10.2 Å². The zero-order chi connectivity index (χ0) is 17.6. The van der Waals surface area contributed by atoms with Crippen LogP contribution in [0.5, 0.6) is 0 Å². The van der Waals surface area contributed by atoms with Gasteiger partial charge in [-0.05, 0) is 55.0 Å². The molecule has 0 spiro atoms. The molecule has 0 radical (unpaired) electrons. The number of rotatable bonds is 6. The second-order valence-electron chi connectivity index (χ2n) is 5.93. The Morgan fingerprint density at radius 2 is 1.96 bits per heavy atom. The lowest BCUT2D eigenvalue weighted by Gasteiger charge is -2.18. The predicted molar refractivity (Wildman–Crippen MR) is 99.8 cm³/mol. The van der Waals surface area contributed by atoms with E-state index in [0.29, 0.717) is 6.10 Å². The topological polar surface area (TPSA) is 41.6 Å². The summed E-state index contributed by atoms with van der Waals surface area (Å²) >= 11 is 1.38. The molecular formula is C19H21FN2O2S. The van der Waals surface area contributed by atoms with Crippen molar-refractivity contribution < 1.29 is 13.9 Å². The first-order chi connectivity index (χ1) is 12.1. The highest BCUT2D eigenvalue weighted by molar-refractivity contribution is 8.00. The number of ether oxygens (including phenoxy) is 1. The summed E-state index contributed by atoms with van der Waals surface area (Å²) in [6, 6.07) is 14.0. The molecular weight excluding hydrogens is 339 g/mol. The second kappa shape index (κ2) is 8.36. The van der Waals surface area contributed by atoms with E-state index in [-0.39, 0.29) is 17.5 Å². The molecule has 6 heteroatoms. The molecule has 1 aliphatic heterocycles. The van der Waals surface area contributed by atoms with Crippen molar-refractivity contribution in [3.05, 3.63) is 54.3 Å². The fourth-order valence-corrected chi connectivity index (χ4v) is 3.49. The number of carbonyl (C=O) groups excluding carboxylic acids is 1. The van der Waals surface area contributed by atoms with Crippen LogP contribution in [0.3, 0.4) is 0 Å². The van der Waals surface area contributed by atoms with Crippen molar-refractivity contribution in [3.63, 3.8) is 0 Å². The molecule has 1 amide bonds. The van der Waals surface area contributed by atoms with Gasteiger partial charge in [0.05, 0.1) is 11.9 Å².